The third-order valence-corrected chi connectivity index (χ3v) is 29.6. The number of esters is 2. The van der Waals surface area contributed by atoms with Crippen LogP contribution in [0, 0.1) is 100 Å². The van der Waals surface area contributed by atoms with Crippen molar-refractivity contribution in [2.75, 3.05) is 0 Å². The lowest BCUT2D eigenvalue weighted by atomic mass is 9.33. The molecule has 2 aromatic rings. The summed E-state index contributed by atoms with van der Waals surface area (Å²) in [6, 6.07) is 12.9. The molecule has 0 aromatic heterocycles. The first-order valence-corrected chi connectivity index (χ1v) is 33.9. The van der Waals surface area contributed by atoms with Crippen molar-refractivity contribution in [3.63, 3.8) is 0 Å². The largest absolute Gasteiger partial charge is 0.481 e. The number of benzene rings is 2. The molecule has 2 aromatic carbocycles. The maximum atomic E-state index is 14.6. The second kappa shape index (κ2) is 22.3. The number of rotatable bonds is 5. The van der Waals surface area contributed by atoms with Crippen LogP contribution >= 0.6 is 12.4 Å². The molecule has 2 unspecified atom stereocenters. The van der Waals surface area contributed by atoms with Crippen LogP contribution in [0.2, 0.25) is 0 Å². The van der Waals surface area contributed by atoms with Gasteiger partial charge in [-0.2, -0.15) is 0 Å². The normalized spacial score (nSPS) is 43.5. The lowest BCUT2D eigenvalue weighted by Crippen LogP contribution is -2.67. The van der Waals surface area contributed by atoms with E-state index in [-0.39, 0.29) is 131 Å². The van der Waals surface area contributed by atoms with E-state index in [1.165, 1.54) is 17.2 Å². The number of cyclic esters (lactones) is 2. The molecular formula is C76H103ClN2O12. The Morgan fingerprint density at radius 2 is 0.890 bits per heavy atom. The summed E-state index contributed by atoms with van der Waals surface area (Å²) >= 11 is 0. The number of hydrogen-bond acceptors (Lipinski definition) is 10. The number of aliphatic carboxylic acids is 2. The second-order valence-corrected chi connectivity index (χ2v) is 34.5. The van der Waals surface area contributed by atoms with Crippen molar-refractivity contribution in [1.29, 1.82) is 0 Å². The van der Waals surface area contributed by atoms with Crippen LogP contribution in [0.25, 0.3) is 0 Å². The fourth-order valence-electron chi connectivity index (χ4n) is 23.2. The monoisotopic (exact) mass is 1270 g/mol. The predicted octanol–water partition coefficient (Wildman–Crippen LogP) is 15.3. The topological polar surface area (TPSA) is 245 Å². The van der Waals surface area contributed by atoms with E-state index in [0.717, 1.165) is 89.9 Å². The number of nitrogens with two attached hydrogens (primary N) is 1. The fraction of sp³-hybridized carbons (Fsp3) is 0.684. The Bertz CT molecular complexity index is 3440. The number of hydrogen-bond donors (Lipinski definition) is 5. The highest BCUT2D eigenvalue weighted by Gasteiger charge is 2.73. The number of allylic oxidation sites excluding steroid dienone is 4. The molecule has 0 radical (unpaired) electrons. The first-order chi connectivity index (χ1) is 41.7. The summed E-state index contributed by atoms with van der Waals surface area (Å²) in [6.45, 7) is 31.9. The third kappa shape index (κ3) is 9.95. The van der Waals surface area contributed by atoms with Gasteiger partial charge in [-0.25, -0.2) is 14.4 Å². The van der Waals surface area contributed by atoms with Gasteiger partial charge < -0.3 is 31.1 Å². The van der Waals surface area contributed by atoms with E-state index in [1.807, 2.05) is 19.9 Å². The number of aromatic carboxylic acids is 1. The van der Waals surface area contributed by atoms with E-state index >= 15 is 0 Å². The number of ether oxygens (including phenoxy) is 1. The predicted molar refractivity (Wildman–Crippen MR) is 350 cm³/mol. The van der Waals surface area contributed by atoms with Gasteiger partial charge in [0.2, 0.25) is 0 Å². The van der Waals surface area contributed by atoms with Crippen molar-refractivity contribution in [3.8, 4) is 0 Å². The number of carbonyl (C=O) groups is 8. The minimum absolute atomic E-state index is 0. The van der Waals surface area contributed by atoms with Crippen LogP contribution in [0.15, 0.2) is 71.8 Å². The van der Waals surface area contributed by atoms with Gasteiger partial charge in [0.05, 0.1) is 33.1 Å². The van der Waals surface area contributed by atoms with E-state index in [0.29, 0.717) is 48.5 Å². The Morgan fingerprint density at radius 1 is 0.495 bits per heavy atom. The molecule has 6 N–H and O–H groups in total. The smallest absolute Gasteiger partial charge is 0.346 e. The summed E-state index contributed by atoms with van der Waals surface area (Å²) in [5.74, 6) is -2.66. The van der Waals surface area contributed by atoms with Crippen LogP contribution in [0.3, 0.4) is 0 Å². The van der Waals surface area contributed by atoms with Gasteiger partial charge >= 0.3 is 29.8 Å². The molecule has 13 rings (SSSR count). The van der Waals surface area contributed by atoms with Crippen molar-refractivity contribution in [3.05, 3.63) is 94.1 Å². The van der Waals surface area contributed by atoms with Crippen molar-refractivity contribution in [1.82, 2.24) is 5.32 Å². The molecule has 1 heterocycles. The van der Waals surface area contributed by atoms with Crippen molar-refractivity contribution < 1.29 is 58.4 Å². The Labute approximate surface area is 545 Å². The number of carboxylic acid groups (broad SMARTS) is 3. The number of ketones is 2. The Kier molecular flexibility index (Phi) is 16.8. The van der Waals surface area contributed by atoms with Crippen LogP contribution in [0.1, 0.15) is 254 Å². The average molecular weight is 1270 g/mol. The van der Waals surface area contributed by atoms with Gasteiger partial charge in [0.1, 0.15) is 0 Å². The van der Waals surface area contributed by atoms with Gasteiger partial charge in [0, 0.05) is 23.9 Å². The second-order valence-electron chi connectivity index (χ2n) is 34.5. The van der Waals surface area contributed by atoms with Crippen LogP contribution < -0.4 is 11.1 Å². The van der Waals surface area contributed by atoms with E-state index in [9.17, 15) is 53.7 Å². The highest BCUT2D eigenvalue weighted by Crippen LogP contribution is 2.77. The quantitative estimate of drug-likeness (QED) is 0.138. The molecule has 8 fully saturated rings. The summed E-state index contributed by atoms with van der Waals surface area (Å²) in [5, 5.41) is 33.1. The summed E-state index contributed by atoms with van der Waals surface area (Å²) in [7, 11) is 0. The van der Waals surface area contributed by atoms with Crippen molar-refractivity contribution in [2.24, 2.45) is 106 Å². The van der Waals surface area contributed by atoms with Crippen LogP contribution in [0.4, 0.5) is 0 Å². The van der Waals surface area contributed by atoms with E-state index in [1.54, 1.807) is 42.5 Å². The molecular weight excluding hydrogens is 1170 g/mol. The third-order valence-electron chi connectivity index (χ3n) is 29.6. The molecule has 496 valence electrons. The van der Waals surface area contributed by atoms with Gasteiger partial charge in [-0.05, 0) is 244 Å². The number of fused-ring (bicyclic) bond motifs is 15. The Morgan fingerprint density at radius 3 is 1.32 bits per heavy atom. The molecule has 11 aliphatic rings. The highest BCUT2D eigenvalue weighted by atomic mass is 35.5. The molecule has 8 saturated carbocycles. The average Bonchev–Trinajstić information content (AvgIpc) is 1.02. The maximum Gasteiger partial charge on any atom is 0.346 e. The Hall–Kier alpha value is -5.47. The van der Waals surface area contributed by atoms with Crippen molar-refractivity contribution in [2.45, 2.75) is 225 Å². The summed E-state index contributed by atoms with van der Waals surface area (Å²) in [5.41, 5.74) is 7.55. The lowest BCUT2D eigenvalue weighted by Gasteiger charge is -2.70. The molecule has 0 bridgehead atoms. The highest BCUT2D eigenvalue weighted by molar-refractivity contribution is 6.14. The van der Waals surface area contributed by atoms with E-state index in [2.05, 4.69) is 99.2 Å². The molecule has 0 saturated heterocycles. The number of carboxylic acids is 3. The number of nitrogens with one attached hydrogen (secondary N) is 1. The minimum atomic E-state index is -1.12. The molecule has 0 spiro atoms. The zero-order valence-corrected chi connectivity index (χ0v) is 57.4. The number of carbonyl (C=O) groups excluding carboxylic acids is 5. The van der Waals surface area contributed by atoms with Gasteiger partial charge in [0.25, 0.3) is 5.91 Å². The summed E-state index contributed by atoms with van der Waals surface area (Å²) < 4.78 is 4.35. The molecule has 10 aliphatic carbocycles. The van der Waals surface area contributed by atoms with Crippen LogP contribution in [-0.2, 0) is 23.9 Å². The number of amides is 1. The van der Waals surface area contributed by atoms with Gasteiger partial charge in [-0.1, -0.05) is 118 Å². The van der Waals surface area contributed by atoms with Crippen LogP contribution in [0.5, 0.6) is 0 Å². The first kappa shape index (κ1) is 68.4. The van der Waals surface area contributed by atoms with Gasteiger partial charge in [-0.15, -0.1) is 12.4 Å². The fourth-order valence-corrected chi connectivity index (χ4v) is 23.2. The number of halogens is 1. The first-order valence-electron chi connectivity index (χ1n) is 33.9. The lowest BCUT2D eigenvalue weighted by molar-refractivity contribution is -0.189. The zero-order valence-electron chi connectivity index (χ0n) is 56.6. The Balaban J connectivity index is 0.000000173. The van der Waals surface area contributed by atoms with E-state index in [4.69, 9.17) is 5.73 Å². The molecule has 1 aliphatic heterocycles. The van der Waals surface area contributed by atoms with E-state index < -0.39 is 40.7 Å². The minimum Gasteiger partial charge on any atom is -0.481 e. The van der Waals surface area contributed by atoms with Crippen molar-refractivity contribution >= 4 is 59.7 Å². The summed E-state index contributed by atoms with van der Waals surface area (Å²) in [6.07, 6.45) is 20.4. The molecule has 1 amide bonds. The SMILES string of the molecule is CC1(C)C(N)CC[C@]2(C)[C@H]3C(=O)C=C4[C@H]5C[C@@](C)(C(=O)O)CC[C@]5(C)CC[C@@]4(C)[C@]3(C)CC[C@@H]12.CC1(C)C(NC(=O)c2ccccc2C(=O)O)CC[C@]2(C)[C@H]3C(=O)C=C4[C@@H]5C[C@@](C)(C(=O)O)CC[C@]5(C)CC[C@@]4(C)[C@]3(C)CC[C@@H]12.Cl.O=C1OC(=O)c2ccccc21. The van der Waals surface area contributed by atoms with Gasteiger partial charge in [0.15, 0.2) is 11.6 Å². The van der Waals surface area contributed by atoms with Gasteiger partial charge in [-0.3, -0.25) is 24.0 Å². The molecule has 18 atom stereocenters. The zero-order chi connectivity index (χ0) is 65.9. The molecule has 14 nitrogen and oxygen atoms in total. The molecule has 91 heavy (non-hydrogen) atoms. The summed E-state index contributed by atoms with van der Waals surface area (Å²) in [4.78, 5) is 100. The maximum absolute atomic E-state index is 14.6. The molecule has 15 heteroatoms. The standard InChI is InChI=1S/C38H51NO6.C30H47NO3.C8H4O3.ClH/c1-33(2)27-12-15-38(7)29(36(27,5)14-13-28(33)39-30(41)22-10-8-9-11-23(22)31(42)43)26(40)20-24-25-21-35(4,32(44)45)17-16-34(25,3)18-19-37(24,38)6;1-25(2)21-8-11-30(7)23(28(21,5)10-9-22(25)31)20(32)16-18-19-17-27(4,24(33)34)13-12-26(19,3)14-15-29(18,30)6;9-7-5-3-1-2-4-6(5)8(10)11-7;/h8-11,20,25,27-29H,12-19,21H2,1-7H3,(H,39,41)(H,42,43)(H,44,45);16,19,21-23H,8-15,17,31H2,1-7H3,(H,33,34);1-4H;1H/t25-,27-,28?,29+,34+,35-,36-,37+,38+;19-,21+,22?,23-,26-,27+,28+,29-,30-;;/m01../s1. The van der Waals surface area contributed by atoms with Crippen LogP contribution in [-0.4, -0.2) is 74.7 Å².